The Morgan fingerprint density at radius 2 is 2.15 bits per heavy atom. The smallest absolute Gasteiger partial charge is 0.253 e. The predicted molar refractivity (Wildman–Crippen MR) is 96.9 cm³/mol. The number of pyridine rings is 1. The first-order chi connectivity index (χ1) is 12.7. The summed E-state index contributed by atoms with van der Waals surface area (Å²) in [7, 11) is 0. The molecule has 0 radical (unpaired) electrons. The number of amides is 1. The Bertz CT molecular complexity index is 1140. The fraction of sp³-hybridized carbons (Fsp3) is 0.263. The molecule has 7 nitrogen and oxygen atoms in total. The van der Waals surface area contributed by atoms with Crippen molar-refractivity contribution in [3.63, 3.8) is 0 Å². The van der Waals surface area contributed by atoms with Crippen molar-refractivity contribution in [3.8, 4) is 0 Å². The average molecular weight is 346 g/mol. The molecule has 0 spiro atoms. The number of hydrogen-bond donors (Lipinski definition) is 1. The van der Waals surface area contributed by atoms with Gasteiger partial charge in [0.05, 0.1) is 16.6 Å². The van der Waals surface area contributed by atoms with Crippen LogP contribution in [0.5, 0.6) is 0 Å². The standard InChI is InChI=1S/C19H18N6O/c1-12-22-16-8-13(2-6-17(16)25(12)15-4-5-15)9-20-19(26)14-3-7-18-23-21-11-24(18)10-14/h2-3,6-8,10-11,15H,4-5,9H2,1H3,(H,20,26). The number of imidazole rings is 1. The van der Waals surface area contributed by atoms with Gasteiger partial charge in [0.2, 0.25) is 0 Å². The minimum absolute atomic E-state index is 0.125. The highest BCUT2D eigenvalue weighted by Gasteiger charge is 2.26. The molecule has 0 bridgehead atoms. The molecule has 1 aromatic carbocycles. The lowest BCUT2D eigenvalue weighted by molar-refractivity contribution is 0.0950. The molecule has 1 fully saturated rings. The van der Waals surface area contributed by atoms with Crippen LogP contribution in [0.25, 0.3) is 16.7 Å². The molecular formula is C19H18N6O. The van der Waals surface area contributed by atoms with E-state index in [9.17, 15) is 4.79 Å². The number of aromatic nitrogens is 5. The zero-order chi connectivity index (χ0) is 17.7. The van der Waals surface area contributed by atoms with E-state index in [0.717, 1.165) is 16.9 Å². The van der Waals surface area contributed by atoms with E-state index >= 15 is 0 Å². The maximum absolute atomic E-state index is 12.4. The van der Waals surface area contributed by atoms with Crippen LogP contribution in [0.4, 0.5) is 0 Å². The van der Waals surface area contributed by atoms with E-state index in [2.05, 4.69) is 50.2 Å². The number of fused-ring (bicyclic) bond motifs is 2. The molecule has 1 amide bonds. The van der Waals surface area contributed by atoms with Gasteiger partial charge >= 0.3 is 0 Å². The number of carbonyl (C=O) groups is 1. The van der Waals surface area contributed by atoms with E-state index in [4.69, 9.17) is 0 Å². The van der Waals surface area contributed by atoms with Gasteiger partial charge in [0.15, 0.2) is 5.65 Å². The summed E-state index contributed by atoms with van der Waals surface area (Å²) in [6.45, 7) is 2.52. The van der Waals surface area contributed by atoms with Crippen LogP contribution >= 0.6 is 0 Å². The highest BCUT2D eigenvalue weighted by molar-refractivity contribution is 5.94. The van der Waals surface area contributed by atoms with Crippen LogP contribution in [-0.4, -0.2) is 30.1 Å². The molecule has 26 heavy (non-hydrogen) atoms. The maximum atomic E-state index is 12.4. The monoisotopic (exact) mass is 346 g/mol. The fourth-order valence-corrected chi connectivity index (χ4v) is 3.41. The molecule has 1 aliphatic rings. The zero-order valence-electron chi connectivity index (χ0n) is 14.4. The quantitative estimate of drug-likeness (QED) is 0.616. The highest BCUT2D eigenvalue weighted by Crippen LogP contribution is 2.38. The van der Waals surface area contributed by atoms with Crippen LogP contribution in [0.3, 0.4) is 0 Å². The Balaban J connectivity index is 1.35. The van der Waals surface area contributed by atoms with E-state index in [1.165, 1.54) is 18.4 Å². The Labute approximate surface area is 149 Å². The molecule has 7 heteroatoms. The zero-order valence-corrected chi connectivity index (χ0v) is 14.4. The molecular weight excluding hydrogens is 328 g/mol. The van der Waals surface area contributed by atoms with Crippen LogP contribution < -0.4 is 5.32 Å². The summed E-state index contributed by atoms with van der Waals surface area (Å²) in [5, 5.41) is 10.7. The second-order valence-corrected chi connectivity index (χ2v) is 6.78. The van der Waals surface area contributed by atoms with E-state index < -0.39 is 0 Å². The van der Waals surface area contributed by atoms with E-state index in [1.807, 2.05) is 0 Å². The molecule has 1 N–H and O–H groups in total. The number of nitrogens with one attached hydrogen (secondary N) is 1. The van der Waals surface area contributed by atoms with Crippen molar-refractivity contribution in [1.82, 2.24) is 29.5 Å². The van der Waals surface area contributed by atoms with Gasteiger partial charge < -0.3 is 9.88 Å². The molecule has 0 atom stereocenters. The molecule has 4 aromatic rings. The van der Waals surface area contributed by atoms with Crippen molar-refractivity contribution >= 4 is 22.6 Å². The fourth-order valence-electron chi connectivity index (χ4n) is 3.41. The summed E-state index contributed by atoms with van der Waals surface area (Å²) >= 11 is 0. The summed E-state index contributed by atoms with van der Waals surface area (Å²) < 4.78 is 4.06. The molecule has 0 aliphatic heterocycles. The summed E-state index contributed by atoms with van der Waals surface area (Å²) in [6, 6.07) is 10.4. The lowest BCUT2D eigenvalue weighted by Crippen LogP contribution is -2.23. The number of carbonyl (C=O) groups excluding carboxylic acids is 1. The molecule has 1 aliphatic carbocycles. The number of hydrogen-bond acceptors (Lipinski definition) is 4. The first kappa shape index (κ1) is 15.1. The van der Waals surface area contributed by atoms with Crippen LogP contribution in [0.15, 0.2) is 42.9 Å². The Morgan fingerprint density at radius 3 is 3.00 bits per heavy atom. The Kier molecular flexibility index (Phi) is 3.28. The van der Waals surface area contributed by atoms with Gasteiger partial charge in [-0.3, -0.25) is 9.20 Å². The van der Waals surface area contributed by atoms with Gasteiger partial charge in [-0.05, 0) is 49.6 Å². The lowest BCUT2D eigenvalue weighted by atomic mass is 10.2. The highest BCUT2D eigenvalue weighted by atomic mass is 16.1. The minimum Gasteiger partial charge on any atom is -0.348 e. The summed E-state index contributed by atoms with van der Waals surface area (Å²) in [6.07, 6.45) is 5.79. The molecule has 1 saturated carbocycles. The van der Waals surface area contributed by atoms with Crippen LogP contribution in [0.2, 0.25) is 0 Å². The van der Waals surface area contributed by atoms with Gasteiger partial charge in [-0.1, -0.05) is 6.07 Å². The molecule has 130 valence electrons. The largest absolute Gasteiger partial charge is 0.348 e. The van der Waals surface area contributed by atoms with Crippen molar-refractivity contribution in [2.24, 2.45) is 0 Å². The minimum atomic E-state index is -0.125. The first-order valence-electron chi connectivity index (χ1n) is 8.74. The summed E-state index contributed by atoms with van der Waals surface area (Å²) in [5.74, 6) is 0.936. The molecule has 3 heterocycles. The number of aryl methyl sites for hydroxylation is 1. The normalized spacial score (nSPS) is 14.2. The number of nitrogens with zero attached hydrogens (tertiary/aromatic N) is 5. The lowest BCUT2D eigenvalue weighted by Gasteiger charge is -2.07. The maximum Gasteiger partial charge on any atom is 0.253 e. The van der Waals surface area contributed by atoms with Gasteiger partial charge in [0.1, 0.15) is 12.2 Å². The molecule has 5 rings (SSSR count). The van der Waals surface area contributed by atoms with E-state index in [0.29, 0.717) is 23.8 Å². The van der Waals surface area contributed by atoms with Crippen molar-refractivity contribution < 1.29 is 4.79 Å². The van der Waals surface area contributed by atoms with Crippen LogP contribution in [-0.2, 0) is 6.54 Å². The van der Waals surface area contributed by atoms with Crippen molar-refractivity contribution in [2.45, 2.75) is 32.4 Å². The third-order valence-electron chi connectivity index (χ3n) is 4.85. The van der Waals surface area contributed by atoms with Gasteiger partial charge in [-0.2, -0.15) is 0 Å². The Morgan fingerprint density at radius 1 is 1.27 bits per heavy atom. The van der Waals surface area contributed by atoms with Gasteiger partial charge in [0, 0.05) is 18.8 Å². The Hall–Kier alpha value is -3.22. The predicted octanol–water partition coefficient (Wildman–Crippen LogP) is 2.65. The second-order valence-electron chi connectivity index (χ2n) is 6.78. The number of benzene rings is 1. The van der Waals surface area contributed by atoms with Crippen LogP contribution in [0.1, 0.15) is 40.6 Å². The molecule has 3 aromatic heterocycles. The third kappa shape index (κ3) is 2.52. The van der Waals surface area contributed by atoms with Crippen molar-refractivity contribution in [2.75, 3.05) is 0 Å². The number of rotatable bonds is 4. The van der Waals surface area contributed by atoms with Crippen molar-refractivity contribution in [3.05, 3.63) is 59.8 Å². The SMILES string of the molecule is Cc1nc2cc(CNC(=O)c3ccc4nncn4c3)ccc2n1C1CC1. The molecule has 0 saturated heterocycles. The van der Waals surface area contributed by atoms with Gasteiger partial charge in [-0.15, -0.1) is 10.2 Å². The summed E-state index contributed by atoms with van der Waals surface area (Å²) in [5.41, 5.74) is 4.50. The topological polar surface area (TPSA) is 77.1 Å². The van der Waals surface area contributed by atoms with Crippen LogP contribution in [0, 0.1) is 6.92 Å². The summed E-state index contributed by atoms with van der Waals surface area (Å²) in [4.78, 5) is 17.1. The second kappa shape index (κ2) is 5.66. The van der Waals surface area contributed by atoms with Crippen molar-refractivity contribution in [1.29, 1.82) is 0 Å². The third-order valence-corrected chi connectivity index (χ3v) is 4.85. The first-order valence-corrected chi connectivity index (χ1v) is 8.74. The van der Waals surface area contributed by atoms with E-state index in [1.54, 1.807) is 29.1 Å². The van der Waals surface area contributed by atoms with Gasteiger partial charge in [0.25, 0.3) is 5.91 Å². The van der Waals surface area contributed by atoms with Gasteiger partial charge in [-0.25, -0.2) is 4.98 Å². The average Bonchev–Trinajstić information content (AvgIpc) is 3.26. The van der Waals surface area contributed by atoms with E-state index in [-0.39, 0.29) is 5.91 Å². The molecule has 0 unspecified atom stereocenters.